The van der Waals surface area contributed by atoms with Gasteiger partial charge in [0.15, 0.2) is 0 Å². The molecule has 70 valence electrons. The minimum atomic E-state index is 0. The standard InChI is InChI=1S/C4H10N2.C3H6.2H3N/c1-2-6-4-3-5-1;1-3-2;;/h5-6H,1-4H2;3H,1H2,2H3;2*1H3. The van der Waals surface area contributed by atoms with Crippen molar-refractivity contribution in [3.8, 4) is 0 Å². The first-order chi connectivity index (χ1) is 4.41. The van der Waals surface area contributed by atoms with Gasteiger partial charge >= 0.3 is 0 Å². The zero-order chi connectivity index (χ0) is 6.95. The molecule has 0 amide bonds. The van der Waals surface area contributed by atoms with Crippen molar-refractivity contribution in [2.24, 2.45) is 0 Å². The van der Waals surface area contributed by atoms with Crippen molar-refractivity contribution in [3.05, 3.63) is 12.7 Å². The van der Waals surface area contributed by atoms with Crippen LogP contribution in [-0.4, -0.2) is 26.2 Å². The molecule has 1 heterocycles. The molecular formula is C7H22N4. The third-order valence-corrected chi connectivity index (χ3v) is 0.957. The van der Waals surface area contributed by atoms with Crippen LogP contribution < -0.4 is 22.9 Å². The Hall–Kier alpha value is -0.420. The summed E-state index contributed by atoms with van der Waals surface area (Å²) < 4.78 is 0. The highest BCUT2D eigenvalue weighted by Crippen LogP contribution is 1.65. The van der Waals surface area contributed by atoms with E-state index in [9.17, 15) is 0 Å². The average Bonchev–Trinajstić information content (AvgIpc) is 1.93. The molecule has 1 aliphatic rings. The first-order valence-corrected chi connectivity index (χ1v) is 3.40. The van der Waals surface area contributed by atoms with E-state index in [1.807, 2.05) is 6.92 Å². The molecule has 0 aromatic rings. The third kappa shape index (κ3) is 17.7. The molecule has 1 aliphatic heterocycles. The minimum absolute atomic E-state index is 0. The van der Waals surface area contributed by atoms with Crippen molar-refractivity contribution in [2.45, 2.75) is 6.92 Å². The van der Waals surface area contributed by atoms with Gasteiger partial charge in [-0.3, -0.25) is 0 Å². The highest BCUT2D eigenvalue weighted by molar-refractivity contribution is 4.59. The fourth-order valence-electron chi connectivity index (χ4n) is 0.604. The van der Waals surface area contributed by atoms with Crippen LogP contribution in [0.5, 0.6) is 0 Å². The second kappa shape index (κ2) is 16.3. The number of hydrogen-bond acceptors (Lipinski definition) is 4. The van der Waals surface area contributed by atoms with Gasteiger partial charge in [0.25, 0.3) is 0 Å². The van der Waals surface area contributed by atoms with Gasteiger partial charge in [0, 0.05) is 26.2 Å². The van der Waals surface area contributed by atoms with Crippen molar-refractivity contribution >= 4 is 0 Å². The van der Waals surface area contributed by atoms with Crippen LogP contribution in [0.25, 0.3) is 0 Å². The van der Waals surface area contributed by atoms with Crippen molar-refractivity contribution in [1.29, 1.82) is 0 Å². The Labute approximate surface area is 69.6 Å². The summed E-state index contributed by atoms with van der Waals surface area (Å²) in [7, 11) is 0. The van der Waals surface area contributed by atoms with E-state index in [1.54, 1.807) is 6.08 Å². The van der Waals surface area contributed by atoms with Gasteiger partial charge in [-0.25, -0.2) is 0 Å². The SMILES string of the molecule is C1CNCCN1.C=CC.N.N. The van der Waals surface area contributed by atoms with Crippen molar-refractivity contribution in [1.82, 2.24) is 22.9 Å². The maximum Gasteiger partial charge on any atom is 0.00772 e. The normalized spacial score (nSPS) is 14.3. The Balaban J connectivity index is -0.000000116. The first kappa shape index (κ1) is 16.9. The molecule has 0 radical (unpaired) electrons. The van der Waals surface area contributed by atoms with Gasteiger partial charge in [-0.15, -0.1) is 6.58 Å². The molecule has 0 atom stereocenters. The summed E-state index contributed by atoms with van der Waals surface area (Å²) in [5.41, 5.74) is 0. The van der Waals surface area contributed by atoms with Crippen LogP contribution in [0.4, 0.5) is 0 Å². The van der Waals surface area contributed by atoms with Crippen LogP contribution in [0.3, 0.4) is 0 Å². The summed E-state index contributed by atoms with van der Waals surface area (Å²) in [6.45, 7) is 9.81. The molecule has 0 aliphatic carbocycles. The maximum absolute atomic E-state index is 3.36. The summed E-state index contributed by atoms with van der Waals surface area (Å²) >= 11 is 0. The lowest BCUT2D eigenvalue weighted by molar-refractivity contribution is 0.534. The predicted octanol–water partition coefficient (Wildman–Crippen LogP) is 0.696. The smallest absolute Gasteiger partial charge is 0.00772 e. The third-order valence-electron chi connectivity index (χ3n) is 0.957. The van der Waals surface area contributed by atoms with Crippen molar-refractivity contribution < 1.29 is 0 Å². The van der Waals surface area contributed by atoms with Gasteiger partial charge in [-0.1, -0.05) is 6.08 Å². The van der Waals surface area contributed by atoms with Gasteiger partial charge in [0.05, 0.1) is 0 Å². The molecule has 8 N–H and O–H groups in total. The van der Waals surface area contributed by atoms with E-state index >= 15 is 0 Å². The molecule has 1 rings (SSSR count). The van der Waals surface area contributed by atoms with Crippen molar-refractivity contribution in [3.63, 3.8) is 0 Å². The number of piperazine rings is 1. The van der Waals surface area contributed by atoms with Crippen LogP contribution in [0.1, 0.15) is 6.92 Å². The lowest BCUT2D eigenvalue weighted by atomic mass is 10.4. The number of hydrogen-bond donors (Lipinski definition) is 4. The van der Waals surface area contributed by atoms with Crippen LogP contribution in [0.15, 0.2) is 12.7 Å². The average molecular weight is 162 g/mol. The lowest BCUT2D eigenvalue weighted by Gasteiger charge is -2.11. The van der Waals surface area contributed by atoms with Crippen molar-refractivity contribution in [2.75, 3.05) is 26.2 Å². The number of rotatable bonds is 0. The largest absolute Gasteiger partial charge is 0.344 e. The topological polar surface area (TPSA) is 94.1 Å². The van der Waals surface area contributed by atoms with Crippen LogP contribution in [0.2, 0.25) is 0 Å². The van der Waals surface area contributed by atoms with Gasteiger partial charge in [0.2, 0.25) is 0 Å². The molecule has 0 aromatic heterocycles. The Morgan fingerprint density at radius 3 is 1.27 bits per heavy atom. The van der Waals surface area contributed by atoms with E-state index in [2.05, 4.69) is 17.2 Å². The second-order valence-electron chi connectivity index (χ2n) is 1.91. The zero-order valence-corrected chi connectivity index (χ0v) is 7.53. The van der Waals surface area contributed by atoms with E-state index in [0.29, 0.717) is 0 Å². The molecule has 0 saturated carbocycles. The van der Waals surface area contributed by atoms with Crippen LogP contribution >= 0.6 is 0 Å². The second-order valence-corrected chi connectivity index (χ2v) is 1.91. The van der Waals surface area contributed by atoms with E-state index < -0.39 is 0 Å². The Morgan fingerprint density at radius 2 is 1.18 bits per heavy atom. The summed E-state index contributed by atoms with van der Waals surface area (Å²) in [5, 5.41) is 6.44. The molecule has 1 saturated heterocycles. The zero-order valence-electron chi connectivity index (χ0n) is 7.53. The van der Waals surface area contributed by atoms with Gasteiger partial charge in [-0.05, 0) is 6.92 Å². The predicted molar refractivity (Wildman–Crippen MR) is 51.7 cm³/mol. The molecule has 4 heteroatoms. The minimum Gasteiger partial charge on any atom is -0.344 e. The lowest BCUT2D eigenvalue weighted by Crippen LogP contribution is -2.39. The molecule has 0 unspecified atom stereocenters. The maximum atomic E-state index is 3.36. The molecule has 0 spiro atoms. The van der Waals surface area contributed by atoms with Gasteiger partial charge in [0.1, 0.15) is 0 Å². The molecule has 0 aromatic carbocycles. The fourth-order valence-corrected chi connectivity index (χ4v) is 0.604. The number of nitrogens with one attached hydrogen (secondary N) is 2. The first-order valence-electron chi connectivity index (χ1n) is 3.40. The molecule has 1 fully saturated rings. The molecule has 11 heavy (non-hydrogen) atoms. The van der Waals surface area contributed by atoms with E-state index in [4.69, 9.17) is 0 Å². The fraction of sp³-hybridized carbons (Fsp3) is 0.714. The summed E-state index contributed by atoms with van der Waals surface area (Å²) in [6.07, 6.45) is 1.75. The summed E-state index contributed by atoms with van der Waals surface area (Å²) in [5.74, 6) is 0. The molecule has 4 nitrogen and oxygen atoms in total. The summed E-state index contributed by atoms with van der Waals surface area (Å²) in [6, 6.07) is 0. The van der Waals surface area contributed by atoms with E-state index in [0.717, 1.165) is 26.2 Å². The summed E-state index contributed by atoms with van der Waals surface area (Å²) in [4.78, 5) is 0. The van der Waals surface area contributed by atoms with Crippen LogP contribution in [-0.2, 0) is 0 Å². The highest BCUT2D eigenvalue weighted by atomic mass is 15.0. The van der Waals surface area contributed by atoms with Gasteiger partial charge < -0.3 is 22.9 Å². The monoisotopic (exact) mass is 162 g/mol. The molecular weight excluding hydrogens is 140 g/mol. The molecule has 0 bridgehead atoms. The van der Waals surface area contributed by atoms with Crippen LogP contribution in [0, 0.1) is 0 Å². The van der Waals surface area contributed by atoms with E-state index in [-0.39, 0.29) is 12.3 Å². The Morgan fingerprint density at radius 1 is 1.00 bits per heavy atom. The quantitative estimate of drug-likeness (QED) is 0.394. The van der Waals surface area contributed by atoms with Gasteiger partial charge in [-0.2, -0.15) is 0 Å². The highest BCUT2D eigenvalue weighted by Gasteiger charge is 1.91. The Bertz CT molecular complexity index is 50.0. The van der Waals surface area contributed by atoms with E-state index in [1.165, 1.54) is 0 Å². The Kier molecular flexibility index (Phi) is 25.0. The number of allylic oxidation sites excluding steroid dienone is 1.